The van der Waals surface area contributed by atoms with Gasteiger partial charge in [0, 0.05) is 0 Å². The van der Waals surface area contributed by atoms with Gasteiger partial charge in [0.05, 0.1) is 12.8 Å². The summed E-state index contributed by atoms with van der Waals surface area (Å²) < 4.78 is 0. The van der Waals surface area contributed by atoms with Crippen molar-refractivity contribution >= 4 is 17.9 Å². The smallest absolute Gasteiger partial charge is 0.336 e. The van der Waals surface area contributed by atoms with E-state index in [1.54, 1.807) is 0 Å². The molecule has 0 aliphatic carbocycles. The van der Waals surface area contributed by atoms with Crippen LogP contribution in [-0.4, -0.2) is 50.5 Å². The van der Waals surface area contributed by atoms with E-state index in [1.807, 2.05) is 0 Å². The molecule has 32 heavy (non-hydrogen) atoms. The summed E-state index contributed by atoms with van der Waals surface area (Å²) in [6.45, 7) is 3.14. The van der Waals surface area contributed by atoms with Gasteiger partial charge >= 0.3 is 17.9 Å². The minimum Gasteiger partial charge on any atom is -0.481 e. The number of allylic oxidation sites excluding steroid dienone is 2. The Morgan fingerprint density at radius 3 is 1.41 bits per heavy atom. The van der Waals surface area contributed by atoms with Gasteiger partial charge < -0.3 is 26.2 Å². The number of rotatable bonds is 20. The first-order valence-electron chi connectivity index (χ1n) is 11.9. The van der Waals surface area contributed by atoms with Gasteiger partial charge in [0.25, 0.3) is 0 Å². The lowest BCUT2D eigenvalue weighted by molar-refractivity contribution is -0.170. The standard InChI is InChI=1S/C18H37N.C6H8O7/c1-2-3-4-5-6-7-8-9-10-11-12-13-14-15-16-17-18-19;7-3(8)1-6(13,5(11)12)2-4(9)10/h9-10H,2-8,11-19H2,1H3;13H,1-2H2,(H,7,8)(H,9,10)(H,11,12). The van der Waals surface area contributed by atoms with E-state index in [1.165, 1.54) is 89.9 Å². The topological polar surface area (TPSA) is 158 Å². The summed E-state index contributed by atoms with van der Waals surface area (Å²) in [5, 5.41) is 33.8. The van der Waals surface area contributed by atoms with Crippen molar-refractivity contribution < 1.29 is 34.8 Å². The third-order valence-corrected chi connectivity index (χ3v) is 5.00. The molecule has 0 spiro atoms. The number of carbonyl (C=O) groups is 3. The Balaban J connectivity index is 0. The summed E-state index contributed by atoms with van der Waals surface area (Å²) >= 11 is 0. The highest BCUT2D eigenvalue weighted by Gasteiger charge is 2.40. The first kappa shape index (κ1) is 32.3. The SMILES string of the molecule is CCCCCCCCC=CCCCCCCCCN.O=C(O)CC(O)(CC(=O)O)C(=O)O. The van der Waals surface area contributed by atoms with E-state index in [0.29, 0.717) is 0 Å². The molecule has 0 aromatic carbocycles. The van der Waals surface area contributed by atoms with E-state index in [2.05, 4.69) is 19.1 Å². The zero-order chi connectivity index (χ0) is 24.7. The molecule has 8 nitrogen and oxygen atoms in total. The summed E-state index contributed by atoms with van der Waals surface area (Å²) in [5.41, 5.74) is 2.74. The van der Waals surface area contributed by atoms with Gasteiger partial charge in [0.1, 0.15) is 0 Å². The fourth-order valence-corrected chi connectivity index (χ4v) is 3.11. The highest BCUT2D eigenvalue weighted by atomic mass is 16.4. The zero-order valence-corrected chi connectivity index (χ0v) is 19.8. The second kappa shape index (κ2) is 22.3. The summed E-state index contributed by atoms with van der Waals surface area (Å²) in [6.07, 6.45) is 21.6. The lowest BCUT2D eigenvalue weighted by atomic mass is 9.96. The van der Waals surface area contributed by atoms with Gasteiger partial charge in [0.2, 0.25) is 0 Å². The van der Waals surface area contributed by atoms with Crippen LogP contribution < -0.4 is 5.73 Å². The lowest BCUT2D eigenvalue weighted by Gasteiger charge is -2.18. The van der Waals surface area contributed by atoms with Crippen LogP contribution in [-0.2, 0) is 14.4 Å². The van der Waals surface area contributed by atoms with Crippen LogP contribution in [0.15, 0.2) is 12.2 Å². The van der Waals surface area contributed by atoms with Crippen LogP contribution in [0.1, 0.15) is 110 Å². The van der Waals surface area contributed by atoms with Gasteiger partial charge in [-0.2, -0.15) is 0 Å². The Labute approximate surface area is 192 Å². The molecule has 8 heteroatoms. The third-order valence-electron chi connectivity index (χ3n) is 5.00. The number of aliphatic carboxylic acids is 3. The molecule has 188 valence electrons. The number of unbranched alkanes of at least 4 members (excludes halogenated alkanes) is 12. The van der Waals surface area contributed by atoms with Crippen molar-refractivity contribution in [1.82, 2.24) is 0 Å². The average Bonchev–Trinajstić information content (AvgIpc) is 2.70. The molecule has 0 rings (SSSR count). The van der Waals surface area contributed by atoms with Crippen molar-refractivity contribution in [2.75, 3.05) is 6.54 Å². The van der Waals surface area contributed by atoms with Crippen LogP contribution in [0.4, 0.5) is 0 Å². The molecule has 6 N–H and O–H groups in total. The molecule has 0 unspecified atom stereocenters. The molecule has 0 fully saturated rings. The molecule has 0 bridgehead atoms. The van der Waals surface area contributed by atoms with Crippen molar-refractivity contribution in [3.8, 4) is 0 Å². The monoisotopic (exact) mass is 459 g/mol. The third kappa shape index (κ3) is 22.7. The van der Waals surface area contributed by atoms with E-state index < -0.39 is 36.4 Å². The van der Waals surface area contributed by atoms with E-state index in [-0.39, 0.29) is 0 Å². The minimum atomic E-state index is -2.74. The first-order chi connectivity index (χ1) is 15.2. The highest BCUT2D eigenvalue weighted by Crippen LogP contribution is 2.15. The van der Waals surface area contributed by atoms with E-state index in [4.69, 9.17) is 26.2 Å². The van der Waals surface area contributed by atoms with Gasteiger partial charge in [-0.25, -0.2) is 4.79 Å². The molecule has 0 amide bonds. The molecule has 0 heterocycles. The second-order valence-electron chi connectivity index (χ2n) is 8.20. The fourth-order valence-electron chi connectivity index (χ4n) is 3.11. The molecule has 0 saturated heterocycles. The van der Waals surface area contributed by atoms with Gasteiger partial charge in [-0.3, -0.25) is 9.59 Å². The number of carboxylic acids is 3. The van der Waals surface area contributed by atoms with Gasteiger partial charge in [-0.1, -0.05) is 76.9 Å². The minimum absolute atomic E-state index is 0.862. The summed E-state index contributed by atoms with van der Waals surface area (Å²) in [7, 11) is 0. The Morgan fingerprint density at radius 1 is 0.688 bits per heavy atom. The molecular weight excluding hydrogens is 414 g/mol. The summed E-state index contributed by atoms with van der Waals surface area (Å²) in [5.74, 6) is -5.02. The number of carboxylic acid groups (broad SMARTS) is 3. The molecule has 0 saturated carbocycles. The summed E-state index contributed by atoms with van der Waals surface area (Å²) in [6, 6.07) is 0. The van der Waals surface area contributed by atoms with Crippen molar-refractivity contribution in [3.05, 3.63) is 12.2 Å². The number of nitrogens with two attached hydrogens (primary N) is 1. The average molecular weight is 460 g/mol. The predicted octanol–water partition coefficient (Wildman–Crippen LogP) is 4.73. The normalized spacial score (nSPS) is 11.2. The quantitative estimate of drug-likeness (QED) is 0.129. The van der Waals surface area contributed by atoms with Gasteiger partial charge in [0.15, 0.2) is 5.60 Å². The Hall–Kier alpha value is -1.93. The largest absolute Gasteiger partial charge is 0.481 e. The Bertz CT molecular complexity index is 504. The van der Waals surface area contributed by atoms with Crippen LogP contribution >= 0.6 is 0 Å². The first-order valence-corrected chi connectivity index (χ1v) is 11.9. The van der Waals surface area contributed by atoms with Crippen LogP contribution in [0.2, 0.25) is 0 Å². The summed E-state index contributed by atoms with van der Waals surface area (Å²) in [4.78, 5) is 30.5. The second-order valence-corrected chi connectivity index (χ2v) is 8.20. The van der Waals surface area contributed by atoms with Crippen LogP contribution in [0, 0.1) is 0 Å². The van der Waals surface area contributed by atoms with Crippen LogP contribution in [0.5, 0.6) is 0 Å². The molecule has 0 aliphatic rings. The number of hydrogen-bond acceptors (Lipinski definition) is 5. The van der Waals surface area contributed by atoms with Crippen LogP contribution in [0.3, 0.4) is 0 Å². The molecule has 0 aromatic rings. The molecular formula is C24H45NO7. The van der Waals surface area contributed by atoms with Crippen LogP contribution in [0.25, 0.3) is 0 Å². The van der Waals surface area contributed by atoms with Crippen molar-refractivity contribution in [2.45, 2.75) is 115 Å². The van der Waals surface area contributed by atoms with Gasteiger partial charge in [-0.05, 0) is 38.6 Å². The Kier molecular flexibility index (Phi) is 22.4. The van der Waals surface area contributed by atoms with E-state index in [0.717, 1.165) is 6.54 Å². The number of hydrogen-bond donors (Lipinski definition) is 5. The Morgan fingerprint density at radius 2 is 1.06 bits per heavy atom. The van der Waals surface area contributed by atoms with Crippen molar-refractivity contribution in [3.63, 3.8) is 0 Å². The highest BCUT2D eigenvalue weighted by molar-refractivity contribution is 5.88. The predicted molar refractivity (Wildman–Crippen MR) is 126 cm³/mol. The molecule has 0 aromatic heterocycles. The van der Waals surface area contributed by atoms with E-state index in [9.17, 15) is 14.4 Å². The van der Waals surface area contributed by atoms with Crippen molar-refractivity contribution in [2.24, 2.45) is 5.73 Å². The van der Waals surface area contributed by atoms with E-state index >= 15 is 0 Å². The van der Waals surface area contributed by atoms with Crippen molar-refractivity contribution in [1.29, 1.82) is 0 Å². The fraction of sp³-hybridized carbons (Fsp3) is 0.792. The lowest BCUT2D eigenvalue weighted by Crippen LogP contribution is -2.42. The number of aliphatic hydroxyl groups is 1. The molecule has 0 atom stereocenters. The molecule has 0 radical (unpaired) electrons. The maximum atomic E-state index is 10.3. The maximum Gasteiger partial charge on any atom is 0.336 e. The maximum absolute atomic E-state index is 10.3. The molecule has 0 aliphatic heterocycles. The zero-order valence-electron chi connectivity index (χ0n) is 19.8. The van der Waals surface area contributed by atoms with Gasteiger partial charge in [-0.15, -0.1) is 0 Å².